The number of aliphatic hydroxyl groups excluding tert-OH is 1. The molecule has 0 aromatic rings. The van der Waals surface area contributed by atoms with Crippen molar-refractivity contribution in [2.75, 3.05) is 18.9 Å². The number of nitrogens with one attached hydrogen (secondary N) is 1. The van der Waals surface area contributed by atoms with E-state index in [1.165, 1.54) is 20.8 Å². The molecule has 0 bridgehead atoms. The molecule has 2 atom stereocenters. The number of hydrogen-bond donors (Lipinski definition) is 3. The Kier molecular flexibility index (Phi) is 11.6. The van der Waals surface area contributed by atoms with Crippen molar-refractivity contribution in [2.24, 2.45) is 11.3 Å². The van der Waals surface area contributed by atoms with E-state index in [2.05, 4.69) is 5.32 Å². The van der Waals surface area contributed by atoms with E-state index >= 15 is 0 Å². The molecular formula is C21H37NO9S. The molecule has 1 rings (SSSR count). The summed E-state index contributed by atoms with van der Waals surface area (Å²) < 4.78 is 35.5. The lowest BCUT2D eigenvalue weighted by molar-refractivity contribution is -0.158. The highest BCUT2D eigenvalue weighted by molar-refractivity contribution is 7.86. The predicted octanol–water partition coefficient (Wildman–Crippen LogP) is 1.60. The van der Waals surface area contributed by atoms with Crippen molar-refractivity contribution in [1.82, 2.24) is 5.32 Å². The van der Waals surface area contributed by atoms with E-state index in [4.69, 9.17) is 8.92 Å². The average molecular weight is 480 g/mol. The average Bonchev–Trinajstić information content (AvgIpc) is 2.72. The second-order valence-corrected chi connectivity index (χ2v) is 10.6. The fourth-order valence-corrected chi connectivity index (χ4v) is 4.97. The molecule has 0 spiro atoms. The van der Waals surface area contributed by atoms with Crippen molar-refractivity contribution in [3.05, 3.63) is 0 Å². The van der Waals surface area contributed by atoms with E-state index in [9.17, 15) is 33.0 Å². The summed E-state index contributed by atoms with van der Waals surface area (Å²) in [4.78, 5) is 34.4. The molecule has 1 aliphatic carbocycles. The number of hydrogen-bond acceptors (Lipinski definition) is 8. The lowest BCUT2D eigenvalue weighted by Gasteiger charge is -2.35. The summed E-state index contributed by atoms with van der Waals surface area (Å²) in [5, 5.41) is 21.8. The maximum atomic E-state index is 12.4. The molecule has 0 aromatic heterocycles. The number of carbonyl (C=O) groups excluding carboxylic acids is 2. The molecule has 0 saturated heterocycles. The maximum Gasteiger partial charge on any atom is 0.333 e. The van der Waals surface area contributed by atoms with Gasteiger partial charge in [0, 0.05) is 18.9 Å². The Bertz CT molecular complexity index is 730. The minimum absolute atomic E-state index is 0.0526. The summed E-state index contributed by atoms with van der Waals surface area (Å²) in [6.07, 6.45) is 2.16. The second kappa shape index (κ2) is 13.1. The van der Waals surface area contributed by atoms with Crippen molar-refractivity contribution < 1.29 is 41.9 Å². The summed E-state index contributed by atoms with van der Waals surface area (Å²) in [7, 11) is -4.05. The van der Waals surface area contributed by atoms with Crippen LogP contribution in [0.2, 0.25) is 0 Å². The van der Waals surface area contributed by atoms with Gasteiger partial charge in [0.2, 0.25) is 5.91 Å². The standard InChI is InChI=1S/C21H37NO9S/c1-15(23)22-12-8-14-32(28,29)31-17(21(2,3)18(24)19(25)26)11-7-13-30-20(27)16-9-5-4-6-10-16/h16-18,24H,4-14H2,1-3H3,(H,22,23)(H,25,26)/t17?,18-/m0/s1. The molecule has 1 fully saturated rings. The zero-order chi connectivity index (χ0) is 24.4. The van der Waals surface area contributed by atoms with Crippen molar-refractivity contribution in [2.45, 2.75) is 84.3 Å². The molecule has 32 heavy (non-hydrogen) atoms. The normalized spacial score (nSPS) is 17.4. The third-order valence-corrected chi connectivity index (χ3v) is 7.08. The van der Waals surface area contributed by atoms with E-state index in [0.29, 0.717) is 0 Å². The van der Waals surface area contributed by atoms with Crippen LogP contribution in [-0.2, 0) is 33.4 Å². The van der Waals surface area contributed by atoms with Gasteiger partial charge in [-0.1, -0.05) is 33.1 Å². The molecule has 3 N–H and O–H groups in total. The van der Waals surface area contributed by atoms with Crippen LogP contribution in [0, 0.1) is 11.3 Å². The van der Waals surface area contributed by atoms with Gasteiger partial charge in [-0.3, -0.25) is 13.8 Å². The van der Waals surface area contributed by atoms with Gasteiger partial charge in [0.05, 0.1) is 24.4 Å². The smallest absolute Gasteiger partial charge is 0.333 e. The van der Waals surface area contributed by atoms with Crippen LogP contribution in [0.15, 0.2) is 0 Å². The molecular weight excluding hydrogens is 442 g/mol. The Morgan fingerprint density at radius 2 is 1.75 bits per heavy atom. The topological polar surface area (TPSA) is 156 Å². The molecule has 0 aromatic carbocycles. The highest BCUT2D eigenvalue weighted by Crippen LogP contribution is 2.33. The van der Waals surface area contributed by atoms with E-state index < -0.39 is 33.7 Å². The third kappa shape index (κ3) is 9.83. The molecule has 1 aliphatic rings. The van der Waals surface area contributed by atoms with Crippen LogP contribution >= 0.6 is 0 Å². The third-order valence-electron chi connectivity index (χ3n) is 5.77. The van der Waals surface area contributed by atoms with Gasteiger partial charge in [-0.2, -0.15) is 8.42 Å². The van der Waals surface area contributed by atoms with Crippen LogP contribution in [0.5, 0.6) is 0 Å². The Morgan fingerprint density at radius 3 is 2.31 bits per heavy atom. The largest absolute Gasteiger partial charge is 0.479 e. The van der Waals surface area contributed by atoms with E-state index in [1.807, 2.05) is 0 Å². The van der Waals surface area contributed by atoms with Crippen LogP contribution in [-0.4, -0.2) is 67.6 Å². The predicted molar refractivity (Wildman–Crippen MR) is 116 cm³/mol. The van der Waals surface area contributed by atoms with E-state index in [1.54, 1.807) is 0 Å². The number of amides is 1. The fraction of sp³-hybridized carbons (Fsp3) is 0.857. The molecule has 1 saturated carbocycles. The number of carbonyl (C=O) groups is 3. The Morgan fingerprint density at radius 1 is 1.12 bits per heavy atom. The van der Waals surface area contributed by atoms with Gasteiger partial charge in [0.25, 0.3) is 10.1 Å². The summed E-state index contributed by atoms with van der Waals surface area (Å²) in [5.74, 6) is -2.52. The fourth-order valence-electron chi connectivity index (χ4n) is 3.67. The number of aliphatic hydroxyl groups is 1. The summed E-state index contributed by atoms with van der Waals surface area (Å²) in [5.41, 5.74) is -1.43. The van der Waals surface area contributed by atoms with Gasteiger partial charge < -0.3 is 20.3 Å². The van der Waals surface area contributed by atoms with Gasteiger partial charge in [-0.25, -0.2) is 4.79 Å². The van der Waals surface area contributed by atoms with E-state index in [0.717, 1.165) is 32.1 Å². The van der Waals surface area contributed by atoms with Crippen molar-refractivity contribution in [3.63, 3.8) is 0 Å². The quantitative estimate of drug-likeness (QED) is 0.191. The lowest BCUT2D eigenvalue weighted by atomic mass is 9.79. The first-order valence-corrected chi connectivity index (χ1v) is 12.7. The first-order chi connectivity index (χ1) is 14.9. The van der Waals surface area contributed by atoms with Crippen LogP contribution in [0.25, 0.3) is 0 Å². The molecule has 1 unspecified atom stereocenters. The zero-order valence-electron chi connectivity index (χ0n) is 19.2. The monoisotopic (exact) mass is 479 g/mol. The van der Waals surface area contributed by atoms with Crippen LogP contribution in [0.4, 0.5) is 0 Å². The molecule has 0 heterocycles. The Balaban J connectivity index is 2.70. The van der Waals surface area contributed by atoms with Gasteiger partial charge in [0.1, 0.15) is 0 Å². The number of carboxylic acids is 1. The van der Waals surface area contributed by atoms with Crippen molar-refractivity contribution >= 4 is 28.0 Å². The van der Waals surface area contributed by atoms with Crippen molar-refractivity contribution in [3.8, 4) is 0 Å². The second-order valence-electron chi connectivity index (χ2n) is 8.89. The first-order valence-electron chi connectivity index (χ1n) is 11.1. The molecule has 1 amide bonds. The minimum atomic E-state index is -4.05. The molecule has 11 heteroatoms. The summed E-state index contributed by atoms with van der Waals surface area (Å²) in [6.45, 7) is 4.35. The minimum Gasteiger partial charge on any atom is -0.479 e. The van der Waals surface area contributed by atoms with Crippen molar-refractivity contribution in [1.29, 1.82) is 0 Å². The number of aliphatic carboxylic acids is 1. The molecule has 0 aliphatic heterocycles. The highest BCUT2D eigenvalue weighted by atomic mass is 32.2. The number of rotatable bonds is 14. The Hall–Kier alpha value is -1.72. The SMILES string of the molecule is CC(=O)NCCCS(=O)(=O)OC(CCCOC(=O)C1CCCCC1)C(C)(C)[C@@H](O)C(=O)O. The number of ether oxygens (including phenoxy) is 1. The van der Waals surface area contributed by atoms with Crippen LogP contribution in [0.1, 0.15) is 72.1 Å². The maximum absolute atomic E-state index is 12.4. The van der Waals surface area contributed by atoms with Gasteiger partial charge >= 0.3 is 11.9 Å². The first kappa shape index (κ1) is 28.3. The Labute approximate surface area is 190 Å². The number of carboxylic acid groups (broad SMARTS) is 1. The van der Waals surface area contributed by atoms with E-state index in [-0.39, 0.29) is 56.0 Å². The lowest BCUT2D eigenvalue weighted by Crippen LogP contribution is -2.47. The highest BCUT2D eigenvalue weighted by Gasteiger charge is 2.43. The van der Waals surface area contributed by atoms with Gasteiger partial charge in [0.15, 0.2) is 6.10 Å². The molecule has 0 radical (unpaired) electrons. The molecule has 10 nitrogen and oxygen atoms in total. The van der Waals surface area contributed by atoms with Crippen LogP contribution < -0.4 is 5.32 Å². The zero-order valence-corrected chi connectivity index (χ0v) is 20.0. The summed E-state index contributed by atoms with van der Waals surface area (Å²) >= 11 is 0. The van der Waals surface area contributed by atoms with Gasteiger partial charge in [-0.05, 0) is 32.1 Å². The van der Waals surface area contributed by atoms with Gasteiger partial charge in [-0.15, -0.1) is 0 Å². The number of esters is 1. The molecule has 186 valence electrons. The summed E-state index contributed by atoms with van der Waals surface area (Å²) in [6, 6.07) is 0. The van der Waals surface area contributed by atoms with Crippen LogP contribution in [0.3, 0.4) is 0 Å².